The predicted molar refractivity (Wildman–Crippen MR) is 83.8 cm³/mol. The lowest BCUT2D eigenvalue weighted by Gasteiger charge is -2.36. The summed E-state index contributed by atoms with van der Waals surface area (Å²) >= 11 is 0. The van der Waals surface area contributed by atoms with Crippen molar-refractivity contribution in [2.75, 3.05) is 18.9 Å². The van der Waals surface area contributed by atoms with Crippen LogP contribution in [0.1, 0.15) is 25.3 Å². The molecule has 0 aromatic heterocycles. The highest BCUT2D eigenvalue weighted by atomic mass is 16.3. The number of nitrogens with two attached hydrogens (primary N) is 1. The van der Waals surface area contributed by atoms with Crippen LogP contribution >= 0.6 is 0 Å². The first-order chi connectivity index (χ1) is 9.99. The number of rotatable bonds is 6. The molecule has 1 aliphatic carbocycles. The van der Waals surface area contributed by atoms with Crippen LogP contribution < -0.4 is 11.1 Å². The first kappa shape index (κ1) is 15.9. The average molecular weight is 291 g/mol. The second-order valence-electron chi connectivity index (χ2n) is 6.00. The smallest absolute Gasteiger partial charge is 0.241 e. The molecule has 1 unspecified atom stereocenters. The van der Waals surface area contributed by atoms with Crippen LogP contribution in [0, 0.1) is 5.92 Å². The Morgan fingerprint density at radius 1 is 1.52 bits per heavy atom. The van der Waals surface area contributed by atoms with Crippen molar-refractivity contribution in [2.24, 2.45) is 11.7 Å². The van der Waals surface area contributed by atoms with Gasteiger partial charge in [0.2, 0.25) is 5.91 Å². The molecule has 1 fully saturated rings. The molecule has 5 nitrogen and oxygen atoms in total. The molecule has 1 aromatic carbocycles. The van der Waals surface area contributed by atoms with Gasteiger partial charge in [0.15, 0.2) is 0 Å². The molecule has 1 saturated carbocycles. The van der Waals surface area contributed by atoms with Crippen LogP contribution in [0.25, 0.3) is 0 Å². The van der Waals surface area contributed by atoms with Crippen molar-refractivity contribution in [1.82, 2.24) is 4.90 Å². The Balaban J connectivity index is 1.86. The molecule has 4 N–H and O–H groups in total. The molecule has 1 atom stereocenters. The molecule has 0 bridgehead atoms. The summed E-state index contributed by atoms with van der Waals surface area (Å²) in [4.78, 5) is 14.3. The van der Waals surface area contributed by atoms with E-state index < -0.39 is 0 Å². The van der Waals surface area contributed by atoms with E-state index in [0.717, 1.165) is 30.6 Å². The van der Waals surface area contributed by atoms with E-state index in [2.05, 4.69) is 5.32 Å². The summed E-state index contributed by atoms with van der Waals surface area (Å²) in [6, 6.07) is 7.39. The predicted octanol–water partition coefficient (Wildman–Crippen LogP) is 1.17. The monoisotopic (exact) mass is 291 g/mol. The van der Waals surface area contributed by atoms with Gasteiger partial charge in [-0.2, -0.15) is 0 Å². The lowest BCUT2D eigenvalue weighted by Crippen LogP contribution is -2.45. The SMILES string of the molecule is CC(C(=O)Nc1cccc(CN)c1)N(C)CC1CC(O)C1. The van der Waals surface area contributed by atoms with Gasteiger partial charge in [-0.25, -0.2) is 0 Å². The molecule has 2 rings (SSSR count). The van der Waals surface area contributed by atoms with Gasteiger partial charge >= 0.3 is 0 Å². The number of nitrogens with zero attached hydrogens (tertiary/aromatic N) is 1. The van der Waals surface area contributed by atoms with Gasteiger partial charge in [0, 0.05) is 18.8 Å². The number of carbonyl (C=O) groups excluding carboxylic acids is 1. The minimum Gasteiger partial charge on any atom is -0.393 e. The molecule has 0 spiro atoms. The van der Waals surface area contributed by atoms with E-state index >= 15 is 0 Å². The highest BCUT2D eigenvalue weighted by Gasteiger charge is 2.30. The Labute approximate surface area is 126 Å². The Hall–Kier alpha value is -1.43. The lowest BCUT2D eigenvalue weighted by molar-refractivity contribution is -0.120. The maximum atomic E-state index is 12.3. The van der Waals surface area contributed by atoms with Crippen molar-refractivity contribution in [2.45, 2.75) is 38.5 Å². The summed E-state index contributed by atoms with van der Waals surface area (Å²) in [6.45, 7) is 3.20. The van der Waals surface area contributed by atoms with Gasteiger partial charge in [-0.3, -0.25) is 9.69 Å². The number of aliphatic hydroxyl groups is 1. The van der Waals surface area contributed by atoms with Crippen LogP contribution in [0.5, 0.6) is 0 Å². The van der Waals surface area contributed by atoms with Crippen molar-refractivity contribution >= 4 is 11.6 Å². The fourth-order valence-corrected chi connectivity index (χ4v) is 2.64. The van der Waals surface area contributed by atoms with E-state index in [1.165, 1.54) is 0 Å². The number of amides is 1. The Morgan fingerprint density at radius 2 is 2.24 bits per heavy atom. The number of carbonyl (C=O) groups is 1. The van der Waals surface area contributed by atoms with Crippen molar-refractivity contribution in [3.63, 3.8) is 0 Å². The minimum atomic E-state index is -0.204. The zero-order chi connectivity index (χ0) is 15.4. The second-order valence-corrected chi connectivity index (χ2v) is 6.00. The third kappa shape index (κ3) is 4.27. The Kier molecular flexibility index (Phi) is 5.33. The zero-order valence-corrected chi connectivity index (χ0v) is 12.7. The summed E-state index contributed by atoms with van der Waals surface area (Å²) < 4.78 is 0. The summed E-state index contributed by atoms with van der Waals surface area (Å²) in [5.41, 5.74) is 7.38. The first-order valence-electron chi connectivity index (χ1n) is 7.47. The van der Waals surface area contributed by atoms with Gasteiger partial charge in [-0.05, 0) is 50.4 Å². The Bertz CT molecular complexity index is 486. The molecule has 0 heterocycles. The van der Waals surface area contributed by atoms with Gasteiger partial charge in [-0.1, -0.05) is 12.1 Å². The summed E-state index contributed by atoms with van der Waals surface area (Å²) in [7, 11) is 1.95. The summed E-state index contributed by atoms with van der Waals surface area (Å²) in [5.74, 6) is 0.479. The number of benzene rings is 1. The second kappa shape index (κ2) is 7.02. The molecule has 21 heavy (non-hydrogen) atoms. The largest absolute Gasteiger partial charge is 0.393 e. The van der Waals surface area contributed by atoms with Crippen LogP contribution in [-0.2, 0) is 11.3 Å². The Morgan fingerprint density at radius 3 is 2.86 bits per heavy atom. The van der Waals surface area contributed by atoms with E-state index in [0.29, 0.717) is 12.5 Å². The lowest BCUT2D eigenvalue weighted by atomic mass is 9.82. The van der Waals surface area contributed by atoms with Gasteiger partial charge in [0.05, 0.1) is 12.1 Å². The van der Waals surface area contributed by atoms with Crippen molar-refractivity contribution in [3.05, 3.63) is 29.8 Å². The maximum absolute atomic E-state index is 12.3. The van der Waals surface area contributed by atoms with E-state index in [1.807, 2.05) is 43.1 Å². The topological polar surface area (TPSA) is 78.6 Å². The number of likely N-dealkylation sites (N-methyl/N-ethyl adjacent to an activating group) is 1. The highest BCUT2D eigenvalue weighted by molar-refractivity contribution is 5.94. The van der Waals surface area contributed by atoms with E-state index in [9.17, 15) is 9.90 Å². The van der Waals surface area contributed by atoms with Gasteiger partial charge < -0.3 is 16.2 Å². The molecule has 1 aliphatic rings. The summed E-state index contributed by atoms with van der Waals surface area (Å²) in [5, 5.41) is 12.2. The number of anilines is 1. The zero-order valence-electron chi connectivity index (χ0n) is 12.7. The normalized spacial score (nSPS) is 22.7. The molecule has 116 valence electrons. The van der Waals surface area contributed by atoms with E-state index in [4.69, 9.17) is 5.73 Å². The molecule has 1 amide bonds. The molecule has 0 radical (unpaired) electrons. The number of nitrogens with one attached hydrogen (secondary N) is 1. The summed E-state index contributed by atoms with van der Waals surface area (Å²) in [6.07, 6.45) is 1.54. The van der Waals surface area contributed by atoms with Crippen molar-refractivity contribution < 1.29 is 9.90 Å². The van der Waals surface area contributed by atoms with Crippen LogP contribution in [0.2, 0.25) is 0 Å². The molecule has 0 saturated heterocycles. The third-order valence-electron chi connectivity index (χ3n) is 4.23. The number of aliphatic hydroxyl groups excluding tert-OH is 1. The molecule has 5 heteroatoms. The molecule has 1 aromatic rings. The third-order valence-corrected chi connectivity index (χ3v) is 4.23. The van der Waals surface area contributed by atoms with Crippen LogP contribution in [-0.4, -0.2) is 41.7 Å². The first-order valence-corrected chi connectivity index (χ1v) is 7.47. The standard InChI is InChI=1S/C16H25N3O2/c1-11(19(2)10-13-7-15(20)8-13)16(21)18-14-5-3-4-12(6-14)9-17/h3-6,11,13,15,20H,7-10,17H2,1-2H3,(H,18,21). The van der Waals surface area contributed by atoms with Crippen LogP contribution in [0.15, 0.2) is 24.3 Å². The number of hydrogen-bond donors (Lipinski definition) is 3. The maximum Gasteiger partial charge on any atom is 0.241 e. The van der Waals surface area contributed by atoms with E-state index in [1.54, 1.807) is 0 Å². The highest BCUT2D eigenvalue weighted by Crippen LogP contribution is 2.28. The minimum absolute atomic E-state index is 0.0217. The fraction of sp³-hybridized carbons (Fsp3) is 0.562. The fourth-order valence-electron chi connectivity index (χ4n) is 2.64. The quantitative estimate of drug-likeness (QED) is 0.735. The number of hydrogen-bond acceptors (Lipinski definition) is 4. The van der Waals surface area contributed by atoms with Crippen LogP contribution in [0.3, 0.4) is 0 Å². The van der Waals surface area contributed by atoms with Crippen LogP contribution in [0.4, 0.5) is 5.69 Å². The van der Waals surface area contributed by atoms with Crippen molar-refractivity contribution in [3.8, 4) is 0 Å². The molecule has 0 aliphatic heterocycles. The van der Waals surface area contributed by atoms with Gasteiger partial charge in [-0.15, -0.1) is 0 Å². The average Bonchev–Trinajstić information content (AvgIpc) is 2.44. The molecular formula is C16H25N3O2. The van der Waals surface area contributed by atoms with Gasteiger partial charge in [0.1, 0.15) is 0 Å². The molecular weight excluding hydrogens is 266 g/mol. The van der Waals surface area contributed by atoms with Gasteiger partial charge in [0.25, 0.3) is 0 Å². The van der Waals surface area contributed by atoms with E-state index in [-0.39, 0.29) is 18.1 Å². The van der Waals surface area contributed by atoms with Crippen molar-refractivity contribution in [1.29, 1.82) is 0 Å².